The number of rotatable bonds is 8. The second-order valence-electron chi connectivity index (χ2n) is 4.76. The number of carbonyl (C=O) groups excluding carboxylic acids is 2. The minimum atomic E-state index is -0.166. The van der Waals surface area contributed by atoms with E-state index in [0.29, 0.717) is 12.5 Å². The van der Waals surface area contributed by atoms with Gasteiger partial charge in [-0.2, -0.15) is 0 Å². The van der Waals surface area contributed by atoms with Gasteiger partial charge in [0.05, 0.1) is 0 Å². The molecule has 2 amide bonds. The molecule has 17 heavy (non-hydrogen) atoms. The average Bonchev–Trinajstić information content (AvgIpc) is 2.26. The molecule has 0 heterocycles. The Morgan fingerprint density at radius 2 is 1.65 bits per heavy atom. The van der Waals surface area contributed by atoms with Crippen molar-refractivity contribution in [3.8, 4) is 0 Å². The smallest absolute Gasteiger partial charge is 0.232 e. The molecule has 0 aliphatic carbocycles. The van der Waals surface area contributed by atoms with Crippen LogP contribution in [0.5, 0.6) is 0 Å². The van der Waals surface area contributed by atoms with E-state index in [9.17, 15) is 9.59 Å². The van der Waals surface area contributed by atoms with Crippen molar-refractivity contribution in [3.63, 3.8) is 0 Å². The Kier molecular flexibility index (Phi) is 8.46. The summed E-state index contributed by atoms with van der Waals surface area (Å²) in [6, 6.07) is 0. The van der Waals surface area contributed by atoms with Crippen molar-refractivity contribution >= 4 is 11.8 Å². The lowest BCUT2D eigenvalue weighted by atomic mass is 10.2. The highest BCUT2D eigenvalue weighted by Crippen LogP contribution is 1.99. The highest BCUT2D eigenvalue weighted by atomic mass is 16.2. The van der Waals surface area contributed by atoms with Crippen LogP contribution >= 0.6 is 0 Å². The van der Waals surface area contributed by atoms with Gasteiger partial charge in [0.25, 0.3) is 0 Å². The van der Waals surface area contributed by atoms with E-state index in [1.165, 1.54) is 0 Å². The fourth-order valence-electron chi connectivity index (χ4n) is 1.53. The molecule has 4 nitrogen and oxygen atoms in total. The Hall–Kier alpha value is -1.06. The van der Waals surface area contributed by atoms with Crippen molar-refractivity contribution in [3.05, 3.63) is 0 Å². The molecule has 0 rings (SSSR count). The van der Waals surface area contributed by atoms with E-state index in [2.05, 4.69) is 5.32 Å². The summed E-state index contributed by atoms with van der Waals surface area (Å²) in [4.78, 5) is 25.1. The molecule has 0 aliphatic heterocycles. The number of carbonyl (C=O) groups is 2. The molecule has 100 valence electrons. The van der Waals surface area contributed by atoms with Crippen LogP contribution in [0.3, 0.4) is 0 Å². The third kappa shape index (κ3) is 7.77. The van der Waals surface area contributed by atoms with Crippen LogP contribution in [0.4, 0.5) is 0 Å². The van der Waals surface area contributed by atoms with E-state index < -0.39 is 0 Å². The van der Waals surface area contributed by atoms with Crippen LogP contribution in [0.1, 0.15) is 47.0 Å². The van der Waals surface area contributed by atoms with Crippen LogP contribution in [0.2, 0.25) is 0 Å². The van der Waals surface area contributed by atoms with Crippen LogP contribution in [0.25, 0.3) is 0 Å². The molecule has 1 N–H and O–H groups in total. The zero-order chi connectivity index (χ0) is 13.3. The van der Waals surface area contributed by atoms with Gasteiger partial charge in [-0.1, -0.05) is 27.7 Å². The molecule has 0 unspecified atom stereocenters. The summed E-state index contributed by atoms with van der Waals surface area (Å²) in [6.45, 7) is 10.2. The first-order valence-corrected chi connectivity index (χ1v) is 6.55. The van der Waals surface area contributed by atoms with Gasteiger partial charge >= 0.3 is 0 Å². The van der Waals surface area contributed by atoms with E-state index in [0.717, 1.165) is 25.9 Å². The molecule has 0 bridgehead atoms. The Morgan fingerprint density at radius 1 is 1.12 bits per heavy atom. The second-order valence-corrected chi connectivity index (χ2v) is 4.76. The molecule has 0 aromatic rings. The number of nitrogens with one attached hydrogen (secondary N) is 1. The largest absolute Gasteiger partial charge is 0.355 e. The summed E-state index contributed by atoms with van der Waals surface area (Å²) >= 11 is 0. The van der Waals surface area contributed by atoms with Crippen LogP contribution in [0, 0.1) is 5.92 Å². The quantitative estimate of drug-likeness (QED) is 0.660. The molecular formula is C13H26N2O2. The standard InChI is InChI=1S/C13H26N2O2/c1-5-7-15(8-6-2)13(17)9-12(16)14-10-11(3)4/h11H,5-10H2,1-4H3,(H,14,16). The minimum absolute atomic E-state index is 0.0211. The number of hydrogen-bond acceptors (Lipinski definition) is 2. The second kappa shape index (κ2) is 9.02. The average molecular weight is 242 g/mol. The van der Waals surface area contributed by atoms with Crippen LogP contribution in [-0.2, 0) is 9.59 Å². The first-order chi connectivity index (χ1) is 8.01. The monoisotopic (exact) mass is 242 g/mol. The van der Waals surface area contributed by atoms with E-state index >= 15 is 0 Å². The molecule has 0 spiro atoms. The number of amides is 2. The molecule has 0 saturated carbocycles. The molecule has 0 aliphatic rings. The lowest BCUT2D eigenvalue weighted by molar-refractivity contribution is -0.136. The topological polar surface area (TPSA) is 49.4 Å². The Balaban J connectivity index is 4.06. The molecule has 0 saturated heterocycles. The normalized spacial score (nSPS) is 10.4. The van der Waals surface area contributed by atoms with Crippen LogP contribution < -0.4 is 5.32 Å². The van der Waals surface area contributed by atoms with E-state index in [1.807, 2.05) is 27.7 Å². The predicted molar refractivity (Wildman–Crippen MR) is 69.6 cm³/mol. The summed E-state index contributed by atoms with van der Waals surface area (Å²) in [5, 5.41) is 2.77. The maximum Gasteiger partial charge on any atom is 0.232 e. The number of nitrogens with zero attached hydrogens (tertiary/aromatic N) is 1. The Bertz CT molecular complexity index is 234. The van der Waals surface area contributed by atoms with Crippen molar-refractivity contribution < 1.29 is 9.59 Å². The van der Waals surface area contributed by atoms with Crippen molar-refractivity contribution in [1.82, 2.24) is 10.2 Å². The van der Waals surface area contributed by atoms with Gasteiger partial charge in [0.15, 0.2) is 0 Å². The fourth-order valence-corrected chi connectivity index (χ4v) is 1.53. The van der Waals surface area contributed by atoms with Gasteiger partial charge in [0, 0.05) is 19.6 Å². The minimum Gasteiger partial charge on any atom is -0.355 e. The van der Waals surface area contributed by atoms with Crippen molar-refractivity contribution in [1.29, 1.82) is 0 Å². The van der Waals surface area contributed by atoms with Gasteiger partial charge < -0.3 is 10.2 Å². The maximum atomic E-state index is 11.8. The summed E-state index contributed by atoms with van der Waals surface area (Å²) < 4.78 is 0. The zero-order valence-electron chi connectivity index (χ0n) is 11.6. The van der Waals surface area contributed by atoms with Crippen molar-refractivity contribution in [2.75, 3.05) is 19.6 Å². The maximum absolute atomic E-state index is 11.8. The summed E-state index contributed by atoms with van der Waals surface area (Å²) in [5.41, 5.74) is 0. The summed E-state index contributed by atoms with van der Waals surface area (Å²) in [6.07, 6.45) is 1.84. The SMILES string of the molecule is CCCN(CCC)C(=O)CC(=O)NCC(C)C. The van der Waals surface area contributed by atoms with E-state index in [4.69, 9.17) is 0 Å². The van der Waals surface area contributed by atoms with Gasteiger partial charge in [-0.15, -0.1) is 0 Å². The van der Waals surface area contributed by atoms with E-state index in [-0.39, 0.29) is 18.2 Å². The highest BCUT2D eigenvalue weighted by molar-refractivity contribution is 5.96. The van der Waals surface area contributed by atoms with Gasteiger partial charge in [-0.05, 0) is 18.8 Å². The van der Waals surface area contributed by atoms with Gasteiger partial charge in [0.1, 0.15) is 6.42 Å². The Labute approximate surface area is 105 Å². The first kappa shape index (κ1) is 15.9. The van der Waals surface area contributed by atoms with Gasteiger partial charge in [-0.3, -0.25) is 9.59 Å². The summed E-state index contributed by atoms with van der Waals surface area (Å²) in [7, 11) is 0. The highest BCUT2D eigenvalue weighted by Gasteiger charge is 2.15. The molecule has 4 heteroatoms. The molecule has 0 atom stereocenters. The third-order valence-corrected chi connectivity index (χ3v) is 2.36. The van der Waals surface area contributed by atoms with Crippen molar-refractivity contribution in [2.24, 2.45) is 5.92 Å². The van der Waals surface area contributed by atoms with Gasteiger partial charge in [0.2, 0.25) is 11.8 Å². The van der Waals surface area contributed by atoms with Gasteiger partial charge in [-0.25, -0.2) is 0 Å². The third-order valence-electron chi connectivity index (χ3n) is 2.36. The molecular weight excluding hydrogens is 216 g/mol. The fraction of sp³-hybridized carbons (Fsp3) is 0.846. The zero-order valence-corrected chi connectivity index (χ0v) is 11.6. The predicted octanol–water partition coefficient (Wildman–Crippen LogP) is 1.80. The number of hydrogen-bond donors (Lipinski definition) is 1. The molecule has 0 aromatic heterocycles. The lowest BCUT2D eigenvalue weighted by Gasteiger charge is -2.21. The van der Waals surface area contributed by atoms with Crippen LogP contribution in [-0.4, -0.2) is 36.3 Å². The first-order valence-electron chi connectivity index (χ1n) is 6.55. The molecule has 0 radical (unpaired) electrons. The molecule has 0 aromatic carbocycles. The van der Waals surface area contributed by atoms with E-state index in [1.54, 1.807) is 4.90 Å². The summed E-state index contributed by atoms with van der Waals surface area (Å²) in [5.74, 6) is 0.187. The lowest BCUT2D eigenvalue weighted by Crippen LogP contribution is -2.37. The Morgan fingerprint density at radius 3 is 2.06 bits per heavy atom. The molecule has 0 fully saturated rings. The van der Waals surface area contributed by atoms with Crippen molar-refractivity contribution in [2.45, 2.75) is 47.0 Å². The van der Waals surface area contributed by atoms with Crippen LogP contribution in [0.15, 0.2) is 0 Å².